The summed E-state index contributed by atoms with van der Waals surface area (Å²) in [7, 11) is 0. The molecule has 0 unspecified atom stereocenters. The number of aromatic nitrogens is 2. The number of rotatable bonds is 7. The van der Waals surface area contributed by atoms with Gasteiger partial charge >= 0.3 is 0 Å². The molecule has 3 aromatic carbocycles. The van der Waals surface area contributed by atoms with Gasteiger partial charge in [0.2, 0.25) is 11.8 Å². The quantitative estimate of drug-likeness (QED) is 0.317. The zero-order valence-electron chi connectivity index (χ0n) is 21.7. The Hall–Kier alpha value is -3.98. The van der Waals surface area contributed by atoms with Gasteiger partial charge in [-0.25, -0.2) is 13.5 Å². The molecular weight excluding hydrogens is 518 g/mol. The highest BCUT2D eigenvalue weighted by atomic mass is 32.2. The smallest absolute Gasteiger partial charge is 0.240 e. The molecule has 0 aliphatic carbocycles. The molecule has 200 valence electrons. The van der Waals surface area contributed by atoms with Gasteiger partial charge in [0.15, 0.2) is 0 Å². The summed E-state index contributed by atoms with van der Waals surface area (Å²) >= 11 is 1.24. The number of nitrogens with one attached hydrogen (secondary N) is 1. The molecule has 1 aromatic heterocycles. The van der Waals surface area contributed by atoms with Crippen LogP contribution in [0.4, 0.5) is 14.6 Å². The van der Waals surface area contributed by atoms with Crippen LogP contribution in [0.15, 0.2) is 72.8 Å². The summed E-state index contributed by atoms with van der Waals surface area (Å²) in [6.45, 7) is 4.18. The van der Waals surface area contributed by atoms with Gasteiger partial charge in [0, 0.05) is 29.3 Å². The fraction of sp³-hybridized carbons (Fsp3) is 0.233. The average Bonchev–Trinajstić information content (AvgIpc) is 3.26. The van der Waals surface area contributed by atoms with Crippen LogP contribution >= 0.6 is 11.8 Å². The van der Waals surface area contributed by atoms with E-state index in [-0.39, 0.29) is 29.7 Å². The summed E-state index contributed by atoms with van der Waals surface area (Å²) in [4.78, 5) is 28.0. The van der Waals surface area contributed by atoms with Crippen molar-refractivity contribution in [3.8, 4) is 16.9 Å². The van der Waals surface area contributed by atoms with Gasteiger partial charge in [-0.1, -0.05) is 55.5 Å². The van der Waals surface area contributed by atoms with Crippen LogP contribution in [-0.2, 0) is 9.59 Å². The van der Waals surface area contributed by atoms with Gasteiger partial charge in [-0.3, -0.25) is 14.5 Å². The number of fused-ring (bicyclic) bond motifs is 1. The molecule has 1 N–H and O–H groups in total. The minimum Gasteiger partial charge on any atom is -0.355 e. The number of nitrogens with zero attached hydrogens (tertiary/aromatic N) is 3. The highest BCUT2D eigenvalue weighted by Crippen LogP contribution is 2.49. The van der Waals surface area contributed by atoms with Crippen molar-refractivity contribution in [2.75, 3.05) is 23.7 Å². The predicted molar refractivity (Wildman–Crippen MR) is 150 cm³/mol. The van der Waals surface area contributed by atoms with Crippen LogP contribution in [0.25, 0.3) is 16.9 Å². The Bertz CT molecular complexity index is 1520. The van der Waals surface area contributed by atoms with Crippen molar-refractivity contribution < 1.29 is 18.4 Å². The number of hydrogen-bond donors (Lipinski definition) is 1. The third kappa shape index (κ3) is 5.45. The van der Waals surface area contributed by atoms with E-state index in [1.807, 2.05) is 68.4 Å². The van der Waals surface area contributed by atoms with Crippen molar-refractivity contribution in [2.24, 2.45) is 0 Å². The lowest BCUT2D eigenvalue weighted by molar-refractivity contribution is -0.122. The van der Waals surface area contributed by atoms with Crippen LogP contribution in [0.5, 0.6) is 0 Å². The zero-order valence-corrected chi connectivity index (χ0v) is 22.5. The number of aryl methyl sites for hydroxylation is 1. The zero-order chi connectivity index (χ0) is 27.5. The van der Waals surface area contributed by atoms with E-state index in [0.29, 0.717) is 29.3 Å². The number of carbonyl (C=O) groups is 2. The SMILES string of the molecule is CCCNC(=O)CN1C(=O)CS[C@@H](c2ccc(F)cc2F)c2c(-c3ccccc3)nn(-c3cccc(C)c3)c21. The normalized spacial score (nSPS) is 15.1. The van der Waals surface area contributed by atoms with Crippen molar-refractivity contribution in [1.82, 2.24) is 15.1 Å². The molecular formula is C30H28F2N4O2S. The van der Waals surface area contributed by atoms with Crippen molar-refractivity contribution >= 4 is 29.4 Å². The first-order valence-electron chi connectivity index (χ1n) is 12.8. The Kier molecular flexibility index (Phi) is 7.79. The monoisotopic (exact) mass is 546 g/mol. The maximum atomic E-state index is 15.3. The van der Waals surface area contributed by atoms with Crippen LogP contribution < -0.4 is 10.2 Å². The number of benzene rings is 3. The molecule has 1 aliphatic heterocycles. The molecule has 1 atom stereocenters. The first-order chi connectivity index (χ1) is 18.9. The molecule has 6 nitrogen and oxygen atoms in total. The van der Waals surface area contributed by atoms with E-state index in [1.165, 1.54) is 28.8 Å². The Balaban J connectivity index is 1.81. The fourth-order valence-corrected chi connectivity index (χ4v) is 5.91. The van der Waals surface area contributed by atoms with Crippen molar-refractivity contribution in [2.45, 2.75) is 25.5 Å². The molecule has 0 fully saturated rings. The highest BCUT2D eigenvalue weighted by Gasteiger charge is 2.38. The standard InChI is InChI=1S/C30H28F2N4O2S/c1-3-14-33-25(37)17-35-26(38)18-39-29(23-13-12-21(31)16-24(23)32)27-28(20-9-5-4-6-10-20)34-36(30(27)35)22-11-7-8-19(2)15-22/h4-13,15-16,29H,3,14,17-18H2,1-2H3,(H,33,37)/t29-/m0/s1. The summed E-state index contributed by atoms with van der Waals surface area (Å²) in [5.41, 5.74) is 3.85. The second-order valence-electron chi connectivity index (χ2n) is 9.39. The highest BCUT2D eigenvalue weighted by molar-refractivity contribution is 8.00. The molecule has 39 heavy (non-hydrogen) atoms. The third-order valence-corrected chi connectivity index (χ3v) is 7.74. The van der Waals surface area contributed by atoms with Crippen molar-refractivity contribution in [1.29, 1.82) is 0 Å². The van der Waals surface area contributed by atoms with Crippen LogP contribution in [0.1, 0.15) is 35.3 Å². The molecule has 5 rings (SSSR count). The van der Waals surface area contributed by atoms with Gasteiger partial charge in [-0.2, -0.15) is 5.10 Å². The van der Waals surface area contributed by atoms with Crippen LogP contribution in [0.2, 0.25) is 0 Å². The molecule has 4 aromatic rings. The van der Waals surface area contributed by atoms with E-state index in [9.17, 15) is 14.0 Å². The van der Waals surface area contributed by atoms with Gasteiger partial charge in [0.1, 0.15) is 24.0 Å². The fourth-order valence-electron chi connectivity index (χ4n) is 4.69. The molecule has 9 heteroatoms. The second kappa shape index (κ2) is 11.4. The van der Waals surface area contributed by atoms with Crippen molar-refractivity contribution in [3.63, 3.8) is 0 Å². The maximum absolute atomic E-state index is 15.3. The summed E-state index contributed by atoms with van der Waals surface area (Å²) < 4.78 is 30.8. The summed E-state index contributed by atoms with van der Waals surface area (Å²) in [5.74, 6) is -1.59. The summed E-state index contributed by atoms with van der Waals surface area (Å²) in [6.07, 6.45) is 0.756. The number of anilines is 1. The van der Waals surface area contributed by atoms with Crippen LogP contribution in [-0.4, -0.2) is 40.4 Å². The Morgan fingerprint density at radius 2 is 1.87 bits per heavy atom. The minimum atomic E-state index is -0.706. The van der Waals surface area contributed by atoms with E-state index in [1.54, 1.807) is 4.68 Å². The Labute approximate surface area is 230 Å². The molecule has 0 saturated heterocycles. The van der Waals surface area contributed by atoms with E-state index in [2.05, 4.69) is 5.32 Å². The number of carbonyl (C=O) groups excluding carboxylic acids is 2. The molecule has 0 radical (unpaired) electrons. The molecule has 2 heterocycles. The Morgan fingerprint density at radius 3 is 2.59 bits per heavy atom. The summed E-state index contributed by atoms with van der Waals surface area (Å²) in [6, 6.07) is 20.6. The minimum absolute atomic E-state index is 0.000726. The largest absolute Gasteiger partial charge is 0.355 e. The predicted octanol–water partition coefficient (Wildman–Crippen LogP) is 5.82. The lowest BCUT2D eigenvalue weighted by Crippen LogP contribution is -2.42. The van der Waals surface area contributed by atoms with Crippen LogP contribution in [0, 0.1) is 18.6 Å². The van der Waals surface area contributed by atoms with Gasteiger partial charge < -0.3 is 5.32 Å². The first kappa shape index (κ1) is 26.6. The van der Waals surface area contributed by atoms with E-state index in [0.717, 1.165) is 23.6 Å². The first-order valence-corrected chi connectivity index (χ1v) is 13.8. The maximum Gasteiger partial charge on any atom is 0.240 e. The molecule has 0 bridgehead atoms. The number of hydrogen-bond acceptors (Lipinski definition) is 4. The van der Waals surface area contributed by atoms with E-state index < -0.39 is 16.9 Å². The van der Waals surface area contributed by atoms with E-state index >= 15 is 4.39 Å². The van der Waals surface area contributed by atoms with Gasteiger partial charge in [0.05, 0.1) is 22.4 Å². The van der Waals surface area contributed by atoms with Crippen molar-refractivity contribution in [3.05, 3.63) is 101 Å². The molecule has 2 amide bonds. The number of amides is 2. The van der Waals surface area contributed by atoms with Crippen LogP contribution in [0.3, 0.4) is 0 Å². The van der Waals surface area contributed by atoms with Gasteiger partial charge in [0.25, 0.3) is 0 Å². The Morgan fingerprint density at radius 1 is 1.08 bits per heavy atom. The molecule has 1 aliphatic rings. The second-order valence-corrected chi connectivity index (χ2v) is 10.5. The third-order valence-electron chi connectivity index (χ3n) is 6.50. The summed E-state index contributed by atoms with van der Waals surface area (Å²) in [5, 5.41) is 7.14. The number of thioether (sulfide) groups is 1. The lowest BCUT2D eigenvalue weighted by atomic mass is 9.99. The van der Waals surface area contributed by atoms with Gasteiger partial charge in [-0.05, 0) is 37.1 Å². The number of halogens is 2. The lowest BCUT2D eigenvalue weighted by Gasteiger charge is -2.23. The average molecular weight is 547 g/mol. The topological polar surface area (TPSA) is 67.2 Å². The van der Waals surface area contributed by atoms with Gasteiger partial charge in [-0.15, -0.1) is 11.8 Å². The molecule has 0 spiro atoms. The molecule has 0 saturated carbocycles. The van der Waals surface area contributed by atoms with E-state index in [4.69, 9.17) is 5.10 Å².